The first-order chi connectivity index (χ1) is 12.0. The van der Waals surface area contributed by atoms with Gasteiger partial charge in [-0.05, 0) is 12.8 Å². The molecule has 10 nitrogen and oxygen atoms in total. The molecule has 3 aromatic heterocycles. The van der Waals surface area contributed by atoms with Crippen LogP contribution in [0.2, 0.25) is 5.02 Å². The number of aryl methyl sites for hydroxylation is 2. The molecule has 3 rings (SSSR count). The SMILES string of the molecule is Cn1ncc(Cl)c1-c1cc(C(=O)NCCCCc2noc(=O)[nH]2)on1. The van der Waals surface area contributed by atoms with Gasteiger partial charge >= 0.3 is 5.76 Å². The molecule has 11 heteroatoms. The van der Waals surface area contributed by atoms with Crippen molar-refractivity contribution in [1.29, 1.82) is 0 Å². The van der Waals surface area contributed by atoms with Crippen molar-refractivity contribution in [3.8, 4) is 11.4 Å². The summed E-state index contributed by atoms with van der Waals surface area (Å²) in [5.74, 6) is -0.359. The number of hydrogen-bond donors (Lipinski definition) is 2. The highest BCUT2D eigenvalue weighted by Gasteiger charge is 2.18. The lowest BCUT2D eigenvalue weighted by atomic mass is 10.2. The summed E-state index contributed by atoms with van der Waals surface area (Å²) in [6.07, 6.45) is 3.49. The molecule has 0 radical (unpaired) electrons. The number of halogens is 1. The molecule has 25 heavy (non-hydrogen) atoms. The number of hydrogen-bond acceptors (Lipinski definition) is 7. The van der Waals surface area contributed by atoms with E-state index in [0.717, 1.165) is 6.42 Å². The zero-order valence-electron chi connectivity index (χ0n) is 13.3. The van der Waals surface area contributed by atoms with Crippen molar-refractivity contribution in [2.45, 2.75) is 19.3 Å². The van der Waals surface area contributed by atoms with E-state index in [2.05, 4.69) is 30.2 Å². The van der Waals surface area contributed by atoms with Crippen molar-refractivity contribution >= 4 is 17.5 Å². The molecular weight excluding hydrogens is 352 g/mol. The fraction of sp³-hybridized carbons (Fsp3) is 0.357. The van der Waals surface area contributed by atoms with Gasteiger partial charge in [0, 0.05) is 26.1 Å². The Hall–Kier alpha value is -2.88. The molecule has 1 amide bonds. The van der Waals surface area contributed by atoms with Gasteiger partial charge < -0.3 is 9.84 Å². The zero-order chi connectivity index (χ0) is 17.8. The third-order valence-corrected chi connectivity index (χ3v) is 3.76. The van der Waals surface area contributed by atoms with E-state index in [1.54, 1.807) is 11.7 Å². The van der Waals surface area contributed by atoms with Gasteiger partial charge in [0.25, 0.3) is 5.91 Å². The summed E-state index contributed by atoms with van der Waals surface area (Å²) in [6.45, 7) is 0.448. The van der Waals surface area contributed by atoms with Gasteiger partial charge in [-0.3, -0.25) is 19.0 Å². The minimum absolute atomic E-state index is 0.0908. The van der Waals surface area contributed by atoms with Crippen LogP contribution in [0.5, 0.6) is 0 Å². The maximum atomic E-state index is 12.1. The molecule has 0 aliphatic rings. The van der Waals surface area contributed by atoms with Crippen molar-refractivity contribution in [3.05, 3.63) is 39.4 Å². The molecule has 0 fully saturated rings. The van der Waals surface area contributed by atoms with Crippen molar-refractivity contribution < 1.29 is 13.8 Å². The van der Waals surface area contributed by atoms with E-state index in [9.17, 15) is 9.59 Å². The molecule has 2 N–H and O–H groups in total. The Morgan fingerprint density at radius 1 is 1.36 bits per heavy atom. The van der Waals surface area contributed by atoms with Crippen LogP contribution in [-0.4, -0.2) is 37.5 Å². The van der Waals surface area contributed by atoms with Gasteiger partial charge in [-0.15, -0.1) is 0 Å². The molecule has 0 aliphatic heterocycles. The van der Waals surface area contributed by atoms with E-state index in [1.807, 2.05) is 0 Å². The monoisotopic (exact) mass is 366 g/mol. The molecule has 0 aromatic carbocycles. The highest BCUT2D eigenvalue weighted by molar-refractivity contribution is 6.32. The van der Waals surface area contributed by atoms with Crippen LogP contribution >= 0.6 is 11.6 Å². The van der Waals surface area contributed by atoms with Crippen LogP contribution in [0.15, 0.2) is 26.1 Å². The van der Waals surface area contributed by atoms with Crippen molar-refractivity contribution in [2.75, 3.05) is 6.54 Å². The van der Waals surface area contributed by atoms with E-state index in [0.29, 0.717) is 41.6 Å². The number of nitrogens with one attached hydrogen (secondary N) is 2. The second-order valence-electron chi connectivity index (χ2n) is 5.30. The van der Waals surface area contributed by atoms with Crippen LogP contribution in [-0.2, 0) is 13.5 Å². The van der Waals surface area contributed by atoms with Gasteiger partial charge in [0.2, 0.25) is 5.76 Å². The van der Waals surface area contributed by atoms with E-state index in [-0.39, 0.29) is 11.7 Å². The molecule has 0 atom stereocenters. The van der Waals surface area contributed by atoms with E-state index in [4.69, 9.17) is 16.1 Å². The largest absolute Gasteiger partial charge is 0.438 e. The van der Waals surface area contributed by atoms with E-state index in [1.165, 1.54) is 12.3 Å². The van der Waals surface area contributed by atoms with Crippen molar-refractivity contribution in [1.82, 2.24) is 30.4 Å². The first-order valence-electron chi connectivity index (χ1n) is 7.52. The summed E-state index contributed by atoms with van der Waals surface area (Å²) in [5, 5.41) is 14.6. The molecule has 0 spiro atoms. The second-order valence-corrected chi connectivity index (χ2v) is 5.70. The standard InChI is InChI=1S/C14H15ClN6O4/c1-21-12(8(15)7-17-21)9-6-10(24-19-9)13(22)16-5-3-2-4-11-18-14(23)25-20-11/h6-7H,2-5H2,1H3,(H,16,22)(H,18,20,23). The molecule has 0 unspecified atom stereocenters. The summed E-state index contributed by atoms with van der Waals surface area (Å²) < 4.78 is 11.0. The quantitative estimate of drug-likeness (QED) is 0.599. The lowest BCUT2D eigenvalue weighted by molar-refractivity contribution is 0.0916. The maximum absolute atomic E-state index is 12.1. The average molecular weight is 367 g/mol. The number of amides is 1. The van der Waals surface area contributed by atoms with Crippen molar-refractivity contribution in [3.63, 3.8) is 0 Å². The van der Waals surface area contributed by atoms with Crippen LogP contribution in [0.1, 0.15) is 29.2 Å². The predicted molar refractivity (Wildman–Crippen MR) is 86.1 cm³/mol. The Labute approximate surface area is 146 Å². The number of carbonyl (C=O) groups excluding carboxylic acids is 1. The number of nitrogens with zero attached hydrogens (tertiary/aromatic N) is 4. The van der Waals surface area contributed by atoms with E-state index < -0.39 is 5.76 Å². The van der Waals surface area contributed by atoms with Crippen molar-refractivity contribution in [2.24, 2.45) is 7.05 Å². The molecule has 132 valence electrons. The number of carbonyl (C=O) groups is 1. The highest BCUT2D eigenvalue weighted by atomic mass is 35.5. The smallest absolute Gasteiger partial charge is 0.350 e. The predicted octanol–water partition coefficient (Wildman–Crippen LogP) is 1.16. The number of unbranched alkanes of at least 4 members (excludes halogenated alkanes) is 1. The number of aromatic nitrogens is 5. The van der Waals surface area contributed by atoms with Crippen LogP contribution in [0.4, 0.5) is 0 Å². The third kappa shape index (κ3) is 3.97. The summed E-state index contributed by atoms with van der Waals surface area (Å²) in [6, 6.07) is 1.51. The fourth-order valence-electron chi connectivity index (χ4n) is 2.27. The summed E-state index contributed by atoms with van der Waals surface area (Å²) in [5.41, 5.74) is 1.01. The lowest BCUT2D eigenvalue weighted by Crippen LogP contribution is -2.24. The maximum Gasteiger partial charge on any atom is 0.438 e. The Morgan fingerprint density at radius 3 is 2.88 bits per heavy atom. The van der Waals surface area contributed by atoms with E-state index >= 15 is 0 Å². The molecule has 3 aromatic rings. The lowest BCUT2D eigenvalue weighted by Gasteiger charge is -2.01. The van der Waals surface area contributed by atoms with Gasteiger partial charge in [-0.25, -0.2) is 4.79 Å². The highest BCUT2D eigenvalue weighted by Crippen LogP contribution is 2.26. The van der Waals surface area contributed by atoms with Gasteiger partial charge in [0.1, 0.15) is 11.4 Å². The molecule has 0 aliphatic carbocycles. The number of H-pyrrole nitrogens is 1. The minimum atomic E-state index is -0.571. The first kappa shape index (κ1) is 17.0. The fourth-order valence-corrected chi connectivity index (χ4v) is 2.53. The van der Waals surface area contributed by atoms with Crippen LogP contribution in [0.3, 0.4) is 0 Å². The Morgan fingerprint density at radius 2 is 2.20 bits per heavy atom. The molecular formula is C14H15ClN6O4. The number of aromatic amines is 1. The molecule has 0 saturated heterocycles. The Bertz CT molecular complexity index is 904. The van der Waals surface area contributed by atoms with Gasteiger partial charge in [-0.1, -0.05) is 21.9 Å². The van der Waals surface area contributed by atoms with Crippen LogP contribution in [0.25, 0.3) is 11.4 Å². The molecule has 0 saturated carbocycles. The molecule has 3 heterocycles. The van der Waals surface area contributed by atoms with Gasteiger partial charge in [0.15, 0.2) is 5.82 Å². The van der Waals surface area contributed by atoms with Crippen LogP contribution < -0.4 is 11.1 Å². The Balaban J connectivity index is 1.48. The summed E-state index contributed by atoms with van der Waals surface area (Å²) in [4.78, 5) is 25.3. The van der Waals surface area contributed by atoms with Crippen LogP contribution in [0, 0.1) is 0 Å². The molecule has 0 bridgehead atoms. The minimum Gasteiger partial charge on any atom is -0.350 e. The van der Waals surface area contributed by atoms with Gasteiger partial charge in [0.05, 0.1) is 11.2 Å². The summed E-state index contributed by atoms with van der Waals surface area (Å²) in [7, 11) is 1.72. The average Bonchev–Trinajstić information content (AvgIpc) is 3.28. The number of rotatable bonds is 7. The Kier molecular flexibility index (Phi) is 4.98. The first-order valence-corrected chi connectivity index (χ1v) is 7.90. The summed E-state index contributed by atoms with van der Waals surface area (Å²) >= 11 is 6.04. The normalized spacial score (nSPS) is 11.0. The third-order valence-electron chi connectivity index (χ3n) is 3.48. The zero-order valence-corrected chi connectivity index (χ0v) is 14.0. The topological polar surface area (TPSA) is 132 Å². The van der Waals surface area contributed by atoms with Gasteiger partial charge in [-0.2, -0.15) is 5.10 Å². The second kappa shape index (κ2) is 7.34.